The minimum Gasteiger partial charge on any atom is -0.491 e. The number of nitrogens with zero attached hydrogens (tertiary/aromatic N) is 1. The minimum atomic E-state index is 0.367. The van der Waals surface area contributed by atoms with Crippen LogP contribution in [0.3, 0.4) is 0 Å². The maximum Gasteiger partial charge on any atom is 0.156 e. The zero-order chi connectivity index (χ0) is 9.84. The molecule has 4 heteroatoms. The summed E-state index contributed by atoms with van der Waals surface area (Å²) < 4.78 is 5.19. The van der Waals surface area contributed by atoms with E-state index >= 15 is 0 Å². The van der Waals surface area contributed by atoms with E-state index in [1.807, 2.05) is 13.0 Å². The van der Waals surface area contributed by atoms with Crippen LogP contribution in [0.15, 0.2) is 12.1 Å². The van der Waals surface area contributed by atoms with Gasteiger partial charge in [0.2, 0.25) is 0 Å². The molecule has 0 radical (unpaired) electrons. The first-order chi connectivity index (χ1) is 6.19. The summed E-state index contributed by atoms with van der Waals surface area (Å²) in [4.78, 5) is 0. The van der Waals surface area contributed by atoms with Crippen molar-refractivity contribution < 1.29 is 4.74 Å². The summed E-state index contributed by atoms with van der Waals surface area (Å²) in [6.45, 7) is 2.33. The fourth-order valence-corrected chi connectivity index (χ4v) is 1.50. The monoisotopic (exact) mass is 215 g/mol. The van der Waals surface area contributed by atoms with Crippen molar-refractivity contribution in [3.8, 4) is 11.8 Å². The standard InChI is InChI=1S/C9H7Cl2NO/c1-2-13-9-7(10)3-6(5-12)4-8(9)11/h3-4H,2H2,1H3. The van der Waals surface area contributed by atoms with Gasteiger partial charge in [0.25, 0.3) is 0 Å². The van der Waals surface area contributed by atoms with Crippen LogP contribution in [-0.4, -0.2) is 6.61 Å². The molecule has 0 aromatic heterocycles. The smallest absolute Gasteiger partial charge is 0.156 e. The normalized spacial score (nSPS) is 9.38. The summed E-state index contributed by atoms with van der Waals surface area (Å²) in [5.41, 5.74) is 0.429. The number of ether oxygens (including phenoxy) is 1. The summed E-state index contributed by atoms with van der Waals surface area (Å²) >= 11 is 11.7. The molecule has 0 bridgehead atoms. The maximum absolute atomic E-state index is 8.60. The third-order valence-electron chi connectivity index (χ3n) is 1.42. The largest absolute Gasteiger partial charge is 0.491 e. The van der Waals surface area contributed by atoms with Gasteiger partial charge in [-0.05, 0) is 19.1 Å². The van der Waals surface area contributed by atoms with E-state index in [1.54, 1.807) is 0 Å². The number of nitriles is 1. The number of rotatable bonds is 2. The minimum absolute atomic E-state index is 0.367. The van der Waals surface area contributed by atoms with Crippen LogP contribution in [0.25, 0.3) is 0 Å². The molecule has 0 saturated carbocycles. The Labute approximate surface area is 86.6 Å². The van der Waals surface area contributed by atoms with Crippen LogP contribution in [0.5, 0.6) is 5.75 Å². The number of benzene rings is 1. The second kappa shape index (κ2) is 4.36. The van der Waals surface area contributed by atoms with Gasteiger partial charge >= 0.3 is 0 Å². The maximum atomic E-state index is 8.60. The van der Waals surface area contributed by atoms with Gasteiger partial charge < -0.3 is 4.74 Å². The number of hydrogen-bond donors (Lipinski definition) is 0. The van der Waals surface area contributed by atoms with E-state index in [2.05, 4.69) is 0 Å². The number of halogens is 2. The van der Waals surface area contributed by atoms with Gasteiger partial charge in [0.15, 0.2) is 5.75 Å². The van der Waals surface area contributed by atoms with Crippen molar-refractivity contribution >= 4 is 23.2 Å². The lowest BCUT2D eigenvalue weighted by Crippen LogP contribution is -1.93. The zero-order valence-corrected chi connectivity index (χ0v) is 8.49. The number of hydrogen-bond acceptors (Lipinski definition) is 2. The highest BCUT2D eigenvalue weighted by atomic mass is 35.5. The summed E-state index contributed by atoms with van der Waals surface area (Å²) in [6, 6.07) is 5.01. The van der Waals surface area contributed by atoms with Crippen LogP contribution in [0, 0.1) is 11.3 Å². The molecule has 0 N–H and O–H groups in total. The van der Waals surface area contributed by atoms with Crippen LogP contribution >= 0.6 is 23.2 Å². The van der Waals surface area contributed by atoms with E-state index in [9.17, 15) is 0 Å². The van der Waals surface area contributed by atoms with E-state index in [0.29, 0.717) is 28.0 Å². The third-order valence-corrected chi connectivity index (χ3v) is 1.98. The van der Waals surface area contributed by atoms with Crippen molar-refractivity contribution in [1.29, 1.82) is 5.26 Å². The Hall–Kier alpha value is -0.910. The second-order valence-electron chi connectivity index (χ2n) is 2.31. The summed E-state index contributed by atoms with van der Waals surface area (Å²) in [7, 11) is 0. The van der Waals surface area contributed by atoms with Gasteiger partial charge in [0.05, 0.1) is 28.3 Å². The van der Waals surface area contributed by atoms with Gasteiger partial charge in [-0.15, -0.1) is 0 Å². The van der Waals surface area contributed by atoms with Crippen molar-refractivity contribution in [2.75, 3.05) is 6.61 Å². The lowest BCUT2D eigenvalue weighted by atomic mass is 10.2. The Morgan fingerprint density at radius 1 is 1.38 bits per heavy atom. The molecule has 2 nitrogen and oxygen atoms in total. The van der Waals surface area contributed by atoms with Crippen LogP contribution in [0.2, 0.25) is 10.0 Å². The van der Waals surface area contributed by atoms with Crippen LogP contribution < -0.4 is 4.74 Å². The molecule has 13 heavy (non-hydrogen) atoms. The Morgan fingerprint density at radius 2 is 1.92 bits per heavy atom. The predicted molar refractivity (Wildman–Crippen MR) is 52.3 cm³/mol. The molecule has 0 fully saturated rings. The molecule has 0 saturated heterocycles. The average molecular weight is 216 g/mol. The van der Waals surface area contributed by atoms with E-state index < -0.39 is 0 Å². The molecule has 1 rings (SSSR count). The summed E-state index contributed by atoms with van der Waals surface area (Å²) in [6.07, 6.45) is 0. The van der Waals surface area contributed by atoms with Gasteiger partial charge in [0, 0.05) is 0 Å². The van der Waals surface area contributed by atoms with Crippen molar-refractivity contribution in [2.45, 2.75) is 6.92 Å². The summed E-state index contributed by atoms with van der Waals surface area (Å²) in [5.74, 6) is 0.435. The topological polar surface area (TPSA) is 33.0 Å². The summed E-state index contributed by atoms with van der Waals surface area (Å²) in [5, 5.41) is 9.33. The molecule has 0 aliphatic carbocycles. The van der Waals surface area contributed by atoms with E-state index in [1.165, 1.54) is 12.1 Å². The van der Waals surface area contributed by atoms with Gasteiger partial charge in [-0.2, -0.15) is 5.26 Å². The molecule has 0 aliphatic heterocycles. The molecular formula is C9H7Cl2NO. The predicted octanol–water partition coefficient (Wildman–Crippen LogP) is 3.26. The Balaban J connectivity index is 3.17. The fraction of sp³-hybridized carbons (Fsp3) is 0.222. The van der Waals surface area contributed by atoms with Crippen molar-refractivity contribution in [3.05, 3.63) is 27.7 Å². The molecule has 0 unspecified atom stereocenters. The Bertz CT molecular complexity index is 334. The van der Waals surface area contributed by atoms with Gasteiger partial charge in [0.1, 0.15) is 0 Å². The zero-order valence-electron chi connectivity index (χ0n) is 6.97. The third kappa shape index (κ3) is 2.27. The lowest BCUT2D eigenvalue weighted by Gasteiger charge is -2.07. The van der Waals surface area contributed by atoms with E-state index in [-0.39, 0.29) is 0 Å². The Morgan fingerprint density at radius 3 is 2.31 bits per heavy atom. The molecule has 0 atom stereocenters. The second-order valence-corrected chi connectivity index (χ2v) is 3.13. The fourth-order valence-electron chi connectivity index (χ4n) is 0.907. The molecule has 0 heterocycles. The quantitative estimate of drug-likeness (QED) is 0.759. The highest BCUT2D eigenvalue weighted by Crippen LogP contribution is 2.33. The molecule has 0 amide bonds. The van der Waals surface area contributed by atoms with Crippen LogP contribution in [0.1, 0.15) is 12.5 Å². The first-order valence-corrected chi connectivity index (χ1v) is 4.46. The first kappa shape index (κ1) is 10.2. The highest BCUT2D eigenvalue weighted by Gasteiger charge is 2.08. The van der Waals surface area contributed by atoms with E-state index in [4.69, 9.17) is 33.2 Å². The van der Waals surface area contributed by atoms with Crippen molar-refractivity contribution in [1.82, 2.24) is 0 Å². The van der Waals surface area contributed by atoms with E-state index in [0.717, 1.165) is 0 Å². The first-order valence-electron chi connectivity index (χ1n) is 3.71. The molecule has 0 aliphatic rings. The molecule has 0 spiro atoms. The highest BCUT2D eigenvalue weighted by molar-refractivity contribution is 6.37. The van der Waals surface area contributed by atoms with Crippen molar-refractivity contribution in [2.24, 2.45) is 0 Å². The van der Waals surface area contributed by atoms with Crippen LogP contribution in [-0.2, 0) is 0 Å². The average Bonchev–Trinajstić information content (AvgIpc) is 2.11. The Kier molecular flexibility index (Phi) is 3.41. The van der Waals surface area contributed by atoms with Gasteiger partial charge in [-0.25, -0.2) is 0 Å². The SMILES string of the molecule is CCOc1c(Cl)cc(C#N)cc1Cl. The molecule has 68 valence electrons. The van der Waals surface area contributed by atoms with Gasteiger partial charge in [-0.1, -0.05) is 23.2 Å². The van der Waals surface area contributed by atoms with Crippen LogP contribution in [0.4, 0.5) is 0 Å². The van der Waals surface area contributed by atoms with Crippen molar-refractivity contribution in [3.63, 3.8) is 0 Å². The molecule has 1 aromatic rings. The van der Waals surface area contributed by atoms with Gasteiger partial charge in [-0.3, -0.25) is 0 Å². The lowest BCUT2D eigenvalue weighted by molar-refractivity contribution is 0.340. The molecular weight excluding hydrogens is 209 g/mol. The molecule has 1 aromatic carbocycles.